The average Bonchev–Trinajstić information content (AvgIpc) is 3.42. The largest absolute Gasteiger partial charge is 0.456 e. The molecule has 0 saturated heterocycles. The van der Waals surface area contributed by atoms with E-state index < -0.39 is 23.6 Å². The predicted octanol–water partition coefficient (Wildman–Crippen LogP) is 6.83. The van der Waals surface area contributed by atoms with E-state index in [4.69, 9.17) is 14.5 Å². The number of nitrogens with one attached hydrogen (secondary N) is 1. The van der Waals surface area contributed by atoms with Gasteiger partial charge < -0.3 is 14.8 Å². The van der Waals surface area contributed by atoms with E-state index in [0.717, 1.165) is 38.3 Å². The van der Waals surface area contributed by atoms with E-state index in [-0.39, 0.29) is 24.3 Å². The van der Waals surface area contributed by atoms with Crippen molar-refractivity contribution in [1.82, 2.24) is 19.9 Å². The zero-order valence-corrected chi connectivity index (χ0v) is 25.5. The van der Waals surface area contributed by atoms with Crippen molar-refractivity contribution in [3.05, 3.63) is 119 Å². The van der Waals surface area contributed by atoms with E-state index >= 15 is 0 Å². The molecule has 3 aromatic carbocycles. The fraction of sp³-hybridized carbons (Fsp3) is 0.194. The van der Waals surface area contributed by atoms with Crippen LogP contribution in [-0.4, -0.2) is 45.2 Å². The van der Waals surface area contributed by atoms with Crippen LogP contribution in [0.3, 0.4) is 0 Å². The Labute approximate surface area is 259 Å². The minimum atomic E-state index is -0.714. The molecule has 1 amide bonds. The number of rotatable bonds is 6. The third-order valence-corrected chi connectivity index (χ3v) is 7.33. The predicted molar refractivity (Wildman–Crippen MR) is 172 cm³/mol. The first kappa shape index (κ1) is 29.5. The highest BCUT2D eigenvalue weighted by Crippen LogP contribution is 2.34. The number of fused-ring (bicyclic) bond motifs is 5. The summed E-state index contributed by atoms with van der Waals surface area (Å²) in [6.45, 7) is 5.47. The number of amides is 1. The molecule has 6 rings (SSSR count). The summed E-state index contributed by atoms with van der Waals surface area (Å²) in [4.78, 5) is 48.6. The molecule has 6 aromatic rings. The summed E-state index contributed by atoms with van der Waals surface area (Å²) in [5.41, 5.74) is 4.02. The first-order valence-corrected chi connectivity index (χ1v) is 14.6. The summed E-state index contributed by atoms with van der Waals surface area (Å²) < 4.78 is 12.8. The van der Waals surface area contributed by atoms with Crippen molar-refractivity contribution in [2.75, 3.05) is 7.05 Å². The molecule has 45 heavy (non-hydrogen) atoms. The summed E-state index contributed by atoms with van der Waals surface area (Å²) in [7, 11) is 1.51. The van der Waals surface area contributed by atoms with Crippen LogP contribution in [0.2, 0.25) is 0 Å². The maximum absolute atomic E-state index is 13.6. The van der Waals surface area contributed by atoms with Gasteiger partial charge in [0, 0.05) is 41.5 Å². The van der Waals surface area contributed by atoms with Crippen LogP contribution in [0.1, 0.15) is 58.4 Å². The molecule has 3 aromatic heterocycles. The molecule has 0 spiro atoms. The number of aromatic nitrogens is 3. The van der Waals surface area contributed by atoms with Crippen LogP contribution in [0.15, 0.2) is 91.1 Å². The van der Waals surface area contributed by atoms with Crippen molar-refractivity contribution < 1.29 is 23.9 Å². The number of hydrogen-bond donors (Lipinski definition) is 1. The van der Waals surface area contributed by atoms with Crippen LogP contribution in [0.25, 0.3) is 32.7 Å². The minimum Gasteiger partial charge on any atom is -0.456 e. The normalized spacial score (nSPS) is 11.6. The maximum Gasteiger partial charge on any atom is 0.418 e. The van der Waals surface area contributed by atoms with Crippen LogP contribution >= 0.6 is 0 Å². The van der Waals surface area contributed by atoms with Crippen LogP contribution in [0.4, 0.5) is 4.79 Å². The molecule has 9 heteroatoms. The molecular weight excluding hydrogens is 568 g/mol. The SMILES string of the molecule is CNC(=O)c1cc(C(=O)OC(C)(C)C)cc(Cc2ccn(C(=O)OCc3ccccc3)c3c2ccc2nc4ccccc4c23)n1. The Hall–Kier alpha value is -5.57. The van der Waals surface area contributed by atoms with Crippen LogP contribution in [0, 0.1) is 0 Å². The topological polar surface area (TPSA) is 112 Å². The van der Waals surface area contributed by atoms with E-state index in [1.165, 1.54) is 17.7 Å². The highest BCUT2D eigenvalue weighted by molar-refractivity contribution is 6.20. The van der Waals surface area contributed by atoms with Crippen molar-refractivity contribution >= 4 is 50.7 Å². The zero-order chi connectivity index (χ0) is 31.7. The summed E-state index contributed by atoms with van der Waals surface area (Å²) in [6.07, 6.45) is 1.43. The zero-order valence-electron chi connectivity index (χ0n) is 25.5. The van der Waals surface area contributed by atoms with Gasteiger partial charge in [-0.05, 0) is 62.2 Å². The Morgan fingerprint density at radius 3 is 2.36 bits per heavy atom. The van der Waals surface area contributed by atoms with E-state index in [0.29, 0.717) is 11.2 Å². The van der Waals surface area contributed by atoms with E-state index in [2.05, 4.69) is 10.3 Å². The molecule has 3 heterocycles. The van der Waals surface area contributed by atoms with Crippen LogP contribution in [-0.2, 0) is 22.5 Å². The number of esters is 1. The molecule has 0 fully saturated rings. The Morgan fingerprint density at radius 2 is 1.60 bits per heavy atom. The lowest BCUT2D eigenvalue weighted by atomic mass is 10.00. The van der Waals surface area contributed by atoms with Gasteiger partial charge in [0.2, 0.25) is 0 Å². The molecule has 0 radical (unpaired) electrons. The van der Waals surface area contributed by atoms with Crippen molar-refractivity contribution in [3.63, 3.8) is 0 Å². The summed E-state index contributed by atoms with van der Waals surface area (Å²) in [5, 5.41) is 5.09. The molecule has 0 aliphatic heterocycles. The molecule has 1 N–H and O–H groups in total. The first-order valence-electron chi connectivity index (χ1n) is 14.6. The number of carbonyl (C=O) groups is 3. The number of benzene rings is 3. The molecule has 0 bridgehead atoms. The maximum atomic E-state index is 13.6. The van der Waals surface area contributed by atoms with Crippen molar-refractivity contribution in [2.24, 2.45) is 0 Å². The molecule has 0 atom stereocenters. The van der Waals surface area contributed by atoms with Crippen LogP contribution < -0.4 is 5.32 Å². The van der Waals surface area contributed by atoms with Gasteiger partial charge in [0.1, 0.15) is 17.9 Å². The Morgan fingerprint density at radius 1 is 0.844 bits per heavy atom. The Bertz CT molecular complexity index is 2090. The lowest BCUT2D eigenvalue weighted by Crippen LogP contribution is -2.25. The number of nitrogens with zero attached hydrogens (tertiary/aromatic N) is 3. The lowest BCUT2D eigenvalue weighted by molar-refractivity contribution is 0.00691. The number of ether oxygens (including phenoxy) is 2. The fourth-order valence-electron chi connectivity index (χ4n) is 5.36. The fourth-order valence-corrected chi connectivity index (χ4v) is 5.36. The Kier molecular flexibility index (Phi) is 7.76. The number of pyridine rings is 2. The second-order valence-corrected chi connectivity index (χ2v) is 11.7. The molecule has 0 unspecified atom stereocenters. The van der Waals surface area contributed by atoms with Crippen molar-refractivity contribution in [2.45, 2.75) is 39.4 Å². The van der Waals surface area contributed by atoms with Gasteiger partial charge in [-0.15, -0.1) is 0 Å². The monoisotopic (exact) mass is 600 g/mol. The van der Waals surface area contributed by atoms with Gasteiger partial charge in [0.05, 0.1) is 22.1 Å². The molecular formula is C36H32N4O5. The highest BCUT2D eigenvalue weighted by Gasteiger charge is 2.22. The second kappa shape index (κ2) is 11.8. The van der Waals surface area contributed by atoms with Gasteiger partial charge in [-0.3, -0.25) is 9.36 Å². The van der Waals surface area contributed by atoms with E-state index in [9.17, 15) is 14.4 Å². The second-order valence-electron chi connectivity index (χ2n) is 11.7. The third kappa shape index (κ3) is 6.10. The average molecular weight is 601 g/mol. The standard InChI is InChI=1S/C36H32N4O5/c1-36(2,3)45-34(42)24-19-25(38-30(20-24)33(41)37-4)18-23-16-17-40(35(43)44-21-22-10-6-5-7-11-22)32-26(23)14-15-29-31(32)27-12-8-9-13-28(27)39-29/h5-17,19-20H,18,21H2,1-4H3,(H,37,41). The van der Waals surface area contributed by atoms with Gasteiger partial charge >= 0.3 is 12.1 Å². The number of hydrogen-bond acceptors (Lipinski definition) is 7. The quantitative estimate of drug-likeness (QED) is 0.209. The Balaban J connectivity index is 1.48. The molecule has 0 aliphatic rings. The van der Waals surface area contributed by atoms with Gasteiger partial charge in [0.15, 0.2) is 0 Å². The number of carbonyl (C=O) groups excluding carboxylic acids is 3. The van der Waals surface area contributed by atoms with Crippen molar-refractivity contribution in [3.8, 4) is 0 Å². The van der Waals surface area contributed by atoms with E-state index in [1.54, 1.807) is 33.0 Å². The molecule has 0 saturated carbocycles. The van der Waals surface area contributed by atoms with Gasteiger partial charge in [0.25, 0.3) is 5.91 Å². The molecule has 226 valence electrons. The van der Waals surface area contributed by atoms with E-state index in [1.807, 2.05) is 72.8 Å². The lowest BCUT2D eigenvalue weighted by Gasteiger charge is -2.20. The van der Waals surface area contributed by atoms with Gasteiger partial charge in [-0.25, -0.2) is 19.6 Å². The minimum absolute atomic E-state index is 0.101. The van der Waals surface area contributed by atoms with Gasteiger partial charge in [-0.1, -0.05) is 54.6 Å². The number of para-hydroxylation sites is 1. The summed E-state index contributed by atoms with van der Waals surface area (Å²) in [5.74, 6) is -0.973. The third-order valence-electron chi connectivity index (χ3n) is 7.33. The smallest absolute Gasteiger partial charge is 0.418 e. The van der Waals surface area contributed by atoms with Crippen molar-refractivity contribution in [1.29, 1.82) is 0 Å². The summed E-state index contributed by atoms with van der Waals surface area (Å²) >= 11 is 0. The van der Waals surface area contributed by atoms with Gasteiger partial charge in [-0.2, -0.15) is 0 Å². The molecule has 9 nitrogen and oxygen atoms in total. The van der Waals surface area contributed by atoms with Crippen LogP contribution in [0.5, 0.6) is 0 Å². The first-order chi connectivity index (χ1) is 21.6. The summed E-state index contributed by atoms with van der Waals surface area (Å²) in [6, 6.07) is 26.1. The molecule has 0 aliphatic carbocycles. The highest BCUT2D eigenvalue weighted by atomic mass is 16.6.